The fraction of sp³-hybridized carbons (Fsp3) is 0.667. The zero-order valence-corrected chi connectivity index (χ0v) is 22.5. The van der Waals surface area contributed by atoms with Gasteiger partial charge in [0, 0.05) is 0 Å². The second-order valence-electron chi connectivity index (χ2n) is 9.83. The maximum absolute atomic E-state index is 2.48. The van der Waals surface area contributed by atoms with Gasteiger partial charge in [-0.05, 0) is 24.7 Å². The van der Waals surface area contributed by atoms with Crippen molar-refractivity contribution in [2.24, 2.45) is 11.8 Å². The maximum Gasteiger partial charge on any atom is 2.00 e. The van der Waals surface area contributed by atoms with Gasteiger partial charge in [-0.15, -0.1) is 25.0 Å². The second-order valence-corrected chi connectivity index (χ2v) is 9.83. The van der Waals surface area contributed by atoms with Crippen molar-refractivity contribution < 1.29 is 26.2 Å². The van der Waals surface area contributed by atoms with E-state index in [9.17, 15) is 0 Å². The third kappa shape index (κ3) is 10.8. The van der Waals surface area contributed by atoms with E-state index in [0.717, 1.165) is 11.8 Å². The molecule has 2 atom stereocenters. The van der Waals surface area contributed by atoms with Gasteiger partial charge in [0.15, 0.2) is 0 Å². The molecule has 2 saturated carbocycles. The topological polar surface area (TPSA) is 0 Å². The molecule has 0 aliphatic heterocycles. The molecule has 1 heteroatoms. The van der Waals surface area contributed by atoms with E-state index in [2.05, 4.69) is 49.3 Å². The van der Waals surface area contributed by atoms with E-state index in [0.29, 0.717) is 0 Å². The monoisotopic (exact) mass is 496 g/mol. The Balaban J connectivity index is 0.000000213. The molecule has 2 unspecified atom stereocenters. The molecule has 0 heterocycles. The summed E-state index contributed by atoms with van der Waals surface area (Å²) in [6, 6.07) is 0. The van der Waals surface area contributed by atoms with Crippen LogP contribution in [0.2, 0.25) is 0 Å². The average Bonchev–Trinajstić information content (AvgIpc) is 3.38. The molecule has 0 amide bonds. The largest absolute Gasteiger partial charge is 2.00 e. The van der Waals surface area contributed by atoms with Crippen molar-refractivity contribution >= 4 is 0 Å². The molecule has 170 valence electrons. The Hall–Kier alpha value is -0.417. The number of rotatable bonds is 0. The summed E-state index contributed by atoms with van der Waals surface area (Å²) in [5.74, 6) is 1.51. The van der Waals surface area contributed by atoms with Crippen molar-refractivity contribution in [1.29, 1.82) is 0 Å². The summed E-state index contributed by atoms with van der Waals surface area (Å²) < 4.78 is 0. The number of hydrogen-bond donors (Lipinski definition) is 0. The molecule has 0 nitrogen and oxygen atoms in total. The summed E-state index contributed by atoms with van der Waals surface area (Å²) in [5.41, 5.74) is 3.19. The Bertz CT molecular complexity index is 527. The van der Waals surface area contributed by atoms with Crippen LogP contribution >= 0.6 is 0 Å². The Morgan fingerprint density at radius 3 is 1.26 bits per heavy atom. The van der Waals surface area contributed by atoms with Gasteiger partial charge in [-0.25, -0.2) is 36.1 Å². The van der Waals surface area contributed by atoms with Gasteiger partial charge in [0.25, 0.3) is 0 Å². The van der Waals surface area contributed by atoms with Crippen molar-refractivity contribution in [2.45, 2.75) is 116 Å². The average molecular weight is 498 g/mol. The molecule has 0 aromatic rings. The molecular weight excluding hydrogens is 452 g/mol. The van der Waals surface area contributed by atoms with Gasteiger partial charge < -0.3 is 0 Å². The van der Waals surface area contributed by atoms with Crippen LogP contribution in [0.3, 0.4) is 0 Å². The van der Waals surface area contributed by atoms with Crippen LogP contribution < -0.4 is 0 Å². The zero-order valence-electron chi connectivity index (χ0n) is 20.0. The SMILES string of the molecule is C1=CC2CCCCCCCCC[CH-]C2=C1.C1=CC2CCCCCCCCC[CH-]C2=C1.[Zr+2]. The number of hydrogen-bond acceptors (Lipinski definition) is 0. The molecule has 2 fully saturated rings. The number of allylic oxidation sites excluding steroid dienone is 8. The molecule has 0 aromatic heterocycles. The van der Waals surface area contributed by atoms with Gasteiger partial charge in [0.05, 0.1) is 0 Å². The third-order valence-corrected chi connectivity index (χ3v) is 7.32. The van der Waals surface area contributed by atoms with Crippen LogP contribution in [-0.4, -0.2) is 0 Å². The molecule has 0 aromatic carbocycles. The van der Waals surface area contributed by atoms with Crippen molar-refractivity contribution in [2.75, 3.05) is 0 Å². The molecule has 4 rings (SSSR count). The molecule has 31 heavy (non-hydrogen) atoms. The first-order valence-electron chi connectivity index (χ1n) is 13.4. The summed E-state index contributed by atoms with van der Waals surface area (Å²) >= 11 is 0. The Morgan fingerprint density at radius 2 is 0.839 bits per heavy atom. The summed E-state index contributed by atoms with van der Waals surface area (Å²) in [6.45, 7) is 0. The first-order chi connectivity index (χ1) is 14.9. The van der Waals surface area contributed by atoms with E-state index in [1.807, 2.05) is 0 Å². The van der Waals surface area contributed by atoms with Crippen LogP contribution in [0, 0.1) is 24.7 Å². The van der Waals surface area contributed by atoms with Crippen LogP contribution in [0.15, 0.2) is 47.6 Å². The van der Waals surface area contributed by atoms with Crippen molar-refractivity contribution in [3.63, 3.8) is 0 Å². The van der Waals surface area contributed by atoms with Crippen LogP contribution in [0.5, 0.6) is 0 Å². The fourth-order valence-electron chi connectivity index (χ4n) is 5.36. The molecule has 0 N–H and O–H groups in total. The standard InChI is InChI=1S/2C15H23.Zr/c2*1-2-4-6-8-11-15-13-9-12-14(15)10-7-5-3-1;/h2*9-10,12-13,15H,1-8,11H2;/q2*-1;+2. The van der Waals surface area contributed by atoms with Gasteiger partial charge >= 0.3 is 26.2 Å². The summed E-state index contributed by atoms with van der Waals surface area (Å²) in [7, 11) is 0. The molecule has 0 saturated heterocycles. The van der Waals surface area contributed by atoms with Crippen LogP contribution in [-0.2, 0) is 26.2 Å². The molecule has 0 radical (unpaired) electrons. The van der Waals surface area contributed by atoms with E-state index in [-0.39, 0.29) is 26.2 Å². The van der Waals surface area contributed by atoms with E-state index < -0.39 is 0 Å². The molecule has 4 aliphatic rings. The molecular formula is C30H46Zr. The minimum Gasteiger partial charge on any atom is -0.226 e. The van der Waals surface area contributed by atoms with Crippen LogP contribution in [0.25, 0.3) is 0 Å². The van der Waals surface area contributed by atoms with E-state index >= 15 is 0 Å². The predicted octanol–water partition coefficient (Wildman–Crippen LogP) is 9.65. The van der Waals surface area contributed by atoms with Crippen molar-refractivity contribution in [3.8, 4) is 0 Å². The van der Waals surface area contributed by atoms with E-state index in [1.165, 1.54) is 116 Å². The normalized spacial score (nSPS) is 27.4. The van der Waals surface area contributed by atoms with Crippen LogP contribution in [0.1, 0.15) is 116 Å². The Morgan fingerprint density at radius 1 is 0.484 bits per heavy atom. The smallest absolute Gasteiger partial charge is 0.226 e. The Kier molecular flexibility index (Phi) is 14.8. The molecule has 0 bridgehead atoms. The van der Waals surface area contributed by atoms with Gasteiger partial charge in [-0.2, -0.15) is 0 Å². The fourth-order valence-corrected chi connectivity index (χ4v) is 5.36. The minimum atomic E-state index is 0. The van der Waals surface area contributed by atoms with Gasteiger partial charge in [0.2, 0.25) is 0 Å². The predicted molar refractivity (Wildman–Crippen MR) is 133 cm³/mol. The summed E-state index contributed by atoms with van der Waals surface area (Å²) in [6.07, 6.45) is 44.3. The van der Waals surface area contributed by atoms with Gasteiger partial charge in [0.1, 0.15) is 0 Å². The summed E-state index contributed by atoms with van der Waals surface area (Å²) in [4.78, 5) is 0. The quantitative estimate of drug-likeness (QED) is 0.292. The van der Waals surface area contributed by atoms with Gasteiger partial charge in [-0.3, -0.25) is 0 Å². The minimum absolute atomic E-state index is 0. The molecule has 4 aliphatic carbocycles. The van der Waals surface area contributed by atoms with Gasteiger partial charge in [-0.1, -0.05) is 102 Å². The first-order valence-corrected chi connectivity index (χ1v) is 13.4. The van der Waals surface area contributed by atoms with Crippen molar-refractivity contribution in [3.05, 3.63) is 60.4 Å². The van der Waals surface area contributed by atoms with E-state index in [4.69, 9.17) is 0 Å². The summed E-state index contributed by atoms with van der Waals surface area (Å²) in [5, 5.41) is 0. The zero-order chi connectivity index (χ0) is 20.7. The first kappa shape index (κ1) is 26.8. The van der Waals surface area contributed by atoms with Crippen LogP contribution in [0.4, 0.5) is 0 Å². The number of fused-ring (bicyclic) bond motifs is 2. The third-order valence-electron chi connectivity index (χ3n) is 7.32. The van der Waals surface area contributed by atoms with E-state index in [1.54, 1.807) is 11.1 Å². The van der Waals surface area contributed by atoms with Crippen molar-refractivity contribution in [1.82, 2.24) is 0 Å². The molecule has 0 spiro atoms. The Labute approximate surface area is 213 Å². The maximum atomic E-state index is 2.48. The second kappa shape index (κ2) is 17.1.